The molecule has 2 atom stereocenters. The summed E-state index contributed by atoms with van der Waals surface area (Å²) < 4.78 is 4.73. The van der Waals surface area contributed by atoms with E-state index in [1.54, 1.807) is 38.1 Å². The molecule has 6 nitrogen and oxygen atoms in total. The molecule has 1 aromatic rings. The third-order valence-electron chi connectivity index (χ3n) is 2.89. The van der Waals surface area contributed by atoms with Crippen LogP contribution in [-0.4, -0.2) is 31.6 Å². The molecule has 0 fully saturated rings. The van der Waals surface area contributed by atoms with Crippen molar-refractivity contribution in [1.29, 1.82) is 0 Å². The van der Waals surface area contributed by atoms with Crippen molar-refractivity contribution in [3.63, 3.8) is 0 Å². The van der Waals surface area contributed by atoms with Crippen LogP contribution in [0.25, 0.3) is 0 Å². The number of rotatable bonds is 6. The number of carbonyl (C=O) groups excluding carboxylic acids is 2. The summed E-state index contributed by atoms with van der Waals surface area (Å²) >= 11 is 0. The van der Waals surface area contributed by atoms with E-state index in [1.165, 1.54) is 7.11 Å². The van der Waals surface area contributed by atoms with Crippen LogP contribution in [0.15, 0.2) is 24.3 Å². The molecular weight excluding hydrogens is 258 g/mol. The predicted octanol–water partition coefficient (Wildman–Crippen LogP) is 1.19. The molecule has 20 heavy (non-hydrogen) atoms. The lowest BCUT2D eigenvalue weighted by atomic mass is 10.0. The van der Waals surface area contributed by atoms with Crippen LogP contribution in [-0.2, 0) is 14.3 Å². The van der Waals surface area contributed by atoms with Crippen molar-refractivity contribution in [1.82, 2.24) is 0 Å². The van der Waals surface area contributed by atoms with Gasteiger partial charge in [-0.15, -0.1) is 0 Å². The number of ether oxygens (including phenoxy) is 1. The summed E-state index contributed by atoms with van der Waals surface area (Å²) in [6.07, 6.45) is 0. The molecule has 0 saturated heterocycles. The lowest BCUT2D eigenvalue weighted by Crippen LogP contribution is -2.34. The molecule has 6 heteroatoms. The van der Waals surface area contributed by atoms with E-state index >= 15 is 0 Å². The minimum absolute atomic E-state index is 0.0156. The Bertz CT molecular complexity index is 474. The zero-order chi connectivity index (χ0) is 15.1. The average molecular weight is 279 g/mol. The van der Waals surface area contributed by atoms with Crippen molar-refractivity contribution in [2.75, 3.05) is 24.4 Å². The monoisotopic (exact) mass is 279 g/mol. The number of nitrogens with two attached hydrogens (primary N) is 1. The highest BCUT2D eigenvalue weighted by Crippen LogP contribution is 2.16. The molecular formula is C14H21N3O3. The van der Waals surface area contributed by atoms with Crippen LogP contribution in [0.2, 0.25) is 0 Å². The van der Waals surface area contributed by atoms with Gasteiger partial charge >= 0.3 is 0 Å². The third-order valence-corrected chi connectivity index (χ3v) is 2.89. The highest BCUT2D eigenvalue weighted by atomic mass is 16.5. The Labute approximate surface area is 118 Å². The molecule has 0 aliphatic heterocycles. The summed E-state index contributed by atoms with van der Waals surface area (Å²) in [4.78, 5) is 23.3. The van der Waals surface area contributed by atoms with Crippen LogP contribution >= 0.6 is 0 Å². The normalized spacial score (nSPS) is 13.4. The van der Waals surface area contributed by atoms with Gasteiger partial charge in [0.1, 0.15) is 6.61 Å². The summed E-state index contributed by atoms with van der Waals surface area (Å²) in [7, 11) is 1.45. The Hall–Kier alpha value is -1.92. The Morgan fingerprint density at radius 3 is 2.40 bits per heavy atom. The fraction of sp³-hybridized carbons (Fsp3) is 0.429. The van der Waals surface area contributed by atoms with Crippen LogP contribution in [0.4, 0.5) is 11.4 Å². The molecule has 0 bridgehead atoms. The predicted molar refractivity (Wildman–Crippen MR) is 78.4 cm³/mol. The zero-order valence-electron chi connectivity index (χ0n) is 12.0. The smallest absolute Gasteiger partial charge is 0.250 e. The first-order valence-corrected chi connectivity index (χ1v) is 6.39. The lowest BCUT2D eigenvalue weighted by molar-refractivity contribution is -0.120. The van der Waals surface area contributed by atoms with Crippen molar-refractivity contribution < 1.29 is 14.3 Å². The van der Waals surface area contributed by atoms with E-state index < -0.39 is 0 Å². The fourth-order valence-corrected chi connectivity index (χ4v) is 1.50. The number of anilines is 2. The van der Waals surface area contributed by atoms with Crippen molar-refractivity contribution in [2.45, 2.75) is 19.9 Å². The van der Waals surface area contributed by atoms with Gasteiger partial charge in [-0.3, -0.25) is 9.59 Å². The summed E-state index contributed by atoms with van der Waals surface area (Å²) in [5.41, 5.74) is 6.89. The Kier molecular flexibility index (Phi) is 6.14. The fourth-order valence-electron chi connectivity index (χ4n) is 1.50. The molecule has 0 aliphatic carbocycles. The maximum atomic E-state index is 11.9. The van der Waals surface area contributed by atoms with Crippen molar-refractivity contribution >= 4 is 23.2 Å². The number of carbonyl (C=O) groups is 2. The Morgan fingerprint density at radius 2 is 1.85 bits per heavy atom. The van der Waals surface area contributed by atoms with E-state index in [-0.39, 0.29) is 30.4 Å². The Balaban J connectivity index is 2.68. The van der Waals surface area contributed by atoms with Gasteiger partial charge in [0.2, 0.25) is 11.8 Å². The maximum Gasteiger partial charge on any atom is 0.250 e. The van der Waals surface area contributed by atoms with Gasteiger partial charge in [-0.05, 0) is 25.1 Å². The van der Waals surface area contributed by atoms with Gasteiger partial charge in [0.25, 0.3) is 0 Å². The number of benzene rings is 1. The molecule has 0 saturated carbocycles. The minimum Gasteiger partial charge on any atom is -0.375 e. The molecule has 2 unspecified atom stereocenters. The molecule has 0 radical (unpaired) electrons. The van der Waals surface area contributed by atoms with Gasteiger partial charge in [0.05, 0.1) is 5.92 Å². The van der Waals surface area contributed by atoms with Gasteiger partial charge < -0.3 is 21.1 Å². The van der Waals surface area contributed by atoms with Crippen molar-refractivity contribution in [2.24, 2.45) is 11.7 Å². The van der Waals surface area contributed by atoms with Crippen molar-refractivity contribution in [3.05, 3.63) is 24.3 Å². The summed E-state index contributed by atoms with van der Waals surface area (Å²) in [6, 6.07) is 6.68. The first-order valence-electron chi connectivity index (χ1n) is 6.39. The zero-order valence-corrected chi connectivity index (χ0v) is 12.0. The summed E-state index contributed by atoms with van der Waals surface area (Å²) in [5, 5.41) is 5.44. The molecule has 0 heterocycles. The third kappa shape index (κ3) is 4.99. The topological polar surface area (TPSA) is 93.5 Å². The van der Waals surface area contributed by atoms with Gasteiger partial charge in [0, 0.05) is 24.5 Å². The van der Waals surface area contributed by atoms with E-state index in [1.807, 2.05) is 0 Å². The highest BCUT2D eigenvalue weighted by Gasteiger charge is 2.17. The SMILES string of the molecule is COCC(=O)Nc1cccc(NC(=O)C(C)C(C)N)c1. The average Bonchev–Trinajstić information content (AvgIpc) is 2.38. The van der Waals surface area contributed by atoms with E-state index in [0.29, 0.717) is 11.4 Å². The van der Waals surface area contributed by atoms with Crippen molar-refractivity contribution in [3.8, 4) is 0 Å². The first-order chi connectivity index (χ1) is 9.43. The lowest BCUT2D eigenvalue weighted by Gasteiger charge is -2.15. The number of hydrogen-bond donors (Lipinski definition) is 3. The molecule has 4 N–H and O–H groups in total. The molecule has 1 aromatic carbocycles. The number of nitrogens with one attached hydrogen (secondary N) is 2. The molecule has 110 valence electrons. The standard InChI is InChI=1S/C14H21N3O3/c1-9(10(2)15)14(19)17-12-6-4-5-11(7-12)16-13(18)8-20-3/h4-7,9-10H,8,15H2,1-3H3,(H,16,18)(H,17,19). The summed E-state index contributed by atoms with van der Waals surface area (Å²) in [6.45, 7) is 3.54. The molecule has 2 amide bonds. The molecule has 0 aromatic heterocycles. The van der Waals surface area contributed by atoms with Crippen LogP contribution in [0.1, 0.15) is 13.8 Å². The van der Waals surface area contributed by atoms with Crippen LogP contribution in [0.5, 0.6) is 0 Å². The van der Waals surface area contributed by atoms with Crippen LogP contribution in [0.3, 0.4) is 0 Å². The van der Waals surface area contributed by atoms with Crippen LogP contribution in [0, 0.1) is 5.92 Å². The second kappa shape index (κ2) is 7.62. The van der Waals surface area contributed by atoms with E-state index in [2.05, 4.69) is 10.6 Å². The van der Waals surface area contributed by atoms with Gasteiger partial charge in [-0.1, -0.05) is 13.0 Å². The minimum atomic E-state index is -0.290. The van der Waals surface area contributed by atoms with Gasteiger partial charge in [-0.25, -0.2) is 0 Å². The summed E-state index contributed by atoms with van der Waals surface area (Å²) in [5.74, 6) is -0.693. The first kappa shape index (κ1) is 16.1. The van der Waals surface area contributed by atoms with Crippen LogP contribution < -0.4 is 16.4 Å². The second-order valence-corrected chi connectivity index (χ2v) is 4.70. The maximum absolute atomic E-state index is 11.9. The highest BCUT2D eigenvalue weighted by molar-refractivity contribution is 5.95. The second-order valence-electron chi connectivity index (χ2n) is 4.70. The Morgan fingerprint density at radius 1 is 1.25 bits per heavy atom. The quantitative estimate of drug-likeness (QED) is 0.729. The van der Waals surface area contributed by atoms with Gasteiger partial charge in [0.15, 0.2) is 0 Å². The van der Waals surface area contributed by atoms with E-state index in [4.69, 9.17) is 10.5 Å². The number of methoxy groups -OCH3 is 1. The molecule has 1 rings (SSSR count). The molecule has 0 aliphatic rings. The van der Waals surface area contributed by atoms with E-state index in [0.717, 1.165) is 0 Å². The number of hydrogen-bond acceptors (Lipinski definition) is 4. The van der Waals surface area contributed by atoms with Gasteiger partial charge in [-0.2, -0.15) is 0 Å². The number of amides is 2. The molecule has 0 spiro atoms. The largest absolute Gasteiger partial charge is 0.375 e. The van der Waals surface area contributed by atoms with E-state index in [9.17, 15) is 9.59 Å².